The zero-order valence-electron chi connectivity index (χ0n) is 19.6. The Morgan fingerprint density at radius 2 is 1.61 bits per heavy atom. The minimum Gasteiger partial charge on any atom is -0.373 e. The van der Waals surface area contributed by atoms with E-state index < -0.39 is 17.6 Å². The number of nitrogens with zero attached hydrogens (tertiary/aromatic N) is 1. The molecule has 1 aliphatic heterocycles. The van der Waals surface area contributed by atoms with Crippen LogP contribution in [0.5, 0.6) is 0 Å². The van der Waals surface area contributed by atoms with Crippen molar-refractivity contribution in [1.82, 2.24) is 4.90 Å². The van der Waals surface area contributed by atoms with E-state index >= 15 is 0 Å². The number of hydrogen-bond acceptors (Lipinski definition) is 3. The summed E-state index contributed by atoms with van der Waals surface area (Å²) in [5, 5.41) is 0. The third kappa shape index (κ3) is 6.12. The minimum atomic E-state index is -4.65. The molecule has 2 N–H and O–H groups in total. The summed E-state index contributed by atoms with van der Waals surface area (Å²) in [7, 11) is 0. The first-order chi connectivity index (χ1) is 17.3. The first-order valence-corrected chi connectivity index (χ1v) is 11.8. The molecule has 3 aromatic carbocycles. The summed E-state index contributed by atoms with van der Waals surface area (Å²) in [5.41, 5.74) is 6.76. The van der Waals surface area contributed by atoms with E-state index in [1.54, 1.807) is 4.90 Å². The highest BCUT2D eigenvalue weighted by molar-refractivity contribution is 5.78. The van der Waals surface area contributed by atoms with Gasteiger partial charge in [0.2, 0.25) is 5.91 Å². The zero-order chi connectivity index (χ0) is 25.7. The quantitative estimate of drug-likeness (QED) is 0.444. The number of nitrogens with two attached hydrogens (primary N) is 1. The van der Waals surface area contributed by atoms with Crippen LogP contribution in [0.4, 0.5) is 17.6 Å². The predicted octanol–water partition coefficient (Wildman–Crippen LogP) is 5.37. The molecule has 0 saturated carbocycles. The number of piperidine rings is 1. The fourth-order valence-electron chi connectivity index (χ4n) is 4.95. The van der Waals surface area contributed by atoms with Crippen molar-refractivity contribution in [2.45, 2.75) is 31.2 Å². The highest BCUT2D eigenvalue weighted by atomic mass is 19.4. The van der Waals surface area contributed by atoms with Crippen LogP contribution in [0, 0.1) is 11.7 Å². The van der Waals surface area contributed by atoms with Crippen LogP contribution < -0.4 is 5.73 Å². The van der Waals surface area contributed by atoms with E-state index in [2.05, 4.69) is 0 Å². The van der Waals surface area contributed by atoms with Gasteiger partial charge in [-0.15, -0.1) is 0 Å². The molecule has 1 fully saturated rings. The lowest BCUT2D eigenvalue weighted by Gasteiger charge is -2.42. The number of hydrogen-bond donors (Lipinski definition) is 1. The summed E-state index contributed by atoms with van der Waals surface area (Å²) in [6.45, 7) is 0.517. The molecular formula is C28H28F4N2O2. The second-order valence-electron chi connectivity index (χ2n) is 8.99. The van der Waals surface area contributed by atoms with Gasteiger partial charge in [-0.1, -0.05) is 60.7 Å². The van der Waals surface area contributed by atoms with E-state index in [1.807, 2.05) is 60.7 Å². The molecule has 2 atom stereocenters. The van der Waals surface area contributed by atoms with Gasteiger partial charge in [0.05, 0.1) is 24.8 Å². The Kier molecular flexibility index (Phi) is 8.06. The molecule has 36 heavy (non-hydrogen) atoms. The molecule has 1 amide bonds. The number of ether oxygens (including phenoxy) is 1. The van der Waals surface area contributed by atoms with Gasteiger partial charge in [0.15, 0.2) is 0 Å². The third-order valence-electron chi connectivity index (χ3n) is 6.61. The number of halogens is 4. The summed E-state index contributed by atoms with van der Waals surface area (Å²) in [5.74, 6) is -1.47. The van der Waals surface area contributed by atoms with Gasteiger partial charge in [0, 0.05) is 24.9 Å². The lowest BCUT2D eigenvalue weighted by molar-refractivity contribution is -0.137. The highest BCUT2D eigenvalue weighted by Crippen LogP contribution is 2.39. The SMILES string of the molecule is NCC(=O)N1CC[C@@H](OCc2cc(F)cc(C(F)(F)F)c2)[C@@H](C(c2ccccc2)c2ccccc2)C1. The van der Waals surface area contributed by atoms with Crippen molar-refractivity contribution in [3.8, 4) is 0 Å². The first-order valence-electron chi connectivity index (χ1n) is 11.8. The van der Waals surface area contributed by atoms with Gasteiger partial charge in [-0.3, -0.25) is 4.79 Å². The summed E-state index contributed by atoms with van der Waals surface area (Å²) < 4.78 is 59.7. The van der Waals surface area contributed by atoms with Crippen molar-refractivity contribution in [2.75, 3.05) is 19.6 Å². The number of amides is 1. The first kappa shape index (κ1) is 25.9. The molecule has 1 saturated heterocycles. The molecular weight excluding hydrogens is 472 g/mol. The van der Waals surface area contributed by atoms with Gasteiger partial charge in [0.1, 0.15) is 5.82 Å². The van der Waals surface area contributed by atoms with Crippen molar-refractivity contribution < 1.29 is 27.1 Å². The Bertz CT molecular complexity index is 1120. The van der Waals surface area contributed by atoms with Gasteiger partial charge in [0.25, 0.3) is 0 Å². The molecule has 8 heteroatoms. The van der Waals surface area contributed by atoms with E-state index in [1.165, 1.54) is 0 Å². The minimum absolute atomic E-state index is 0.108. The smallest absolute Gasteiger partial charge is 0.373 e. The van der Waals surface area contributed by atoms with Crippen molar-refractivity contribution >= 4 is 5.91 Å². The molecule has 0 aromatic heterocycles. The lowest BCUT2D eigenvalue weighted by atomic mass is 9.75. The monoisotopic (exact) mass is 500 g/mol. The zero-order valence-corrected chi connectivity index (χ0v) is 19.6. The standard InChI is InChI=1S/C28H28F4N2O2/c29-23-14-19(13-22(15-23)28(30,31)32)18-36-25-11-12-34(26(35)16-33)17-24(25)27(20-7-3-1-4-8-20)21-9-5-2-6-10-21/h1-10,13-15,24-25,27H,11-12,16-18,33H2/t24-,25+/m0/s1. The maximum absolute atomic E-state index is 13.9. The van der Waals surface area contributed by atoms with Crippen LogP contribution in [0.1, 0.15) is 34.6 Å². The van der Waals surface area contributed by atoms with Crippen molar-refractivity contribution in [2.24, 2.45) is 11.7 Å². The Labute approximate surface area is 207 Å². The second-order valence-corrected chi connectivity index (χ2v) is 8.99. The van der Waals surface area contributed by atoms with Crippen molar-refractivity contribution in [3.05, 3.63) is 107 Å². The van der Waals surface area contributed by atoms with Crippen molar-refractivity contribution in [1.29, 1.82) is 0 Å². The molecule has 0 radical (unpaired) electrons. The molecule has 0 unspecified atom stereocenters. The molecule has 0 bridgehead atoms. The molecule has 3 aromatic rings. The number of benzene rings is 3. The van der Waals surface area contributed by atoms with Gasteiger partial charge >= 0.3 is 6.18 Å². The summed E-state index contributed by atoms with van der Waals surface area (Å²) in [6, 6.07) is 22.1. The van der Waals surface area contributed by atoms with Gasteiger partial charge in [-0.25, -0.2) is 4.39 Å². The van der Waals surface area contributed by atoms with E-state index in [9.17, 15) is 22.4 Å². The van der Waals surface area contributed by atoms with Crippen LogP contribution in [-0.2, 0) is 22.3 Å². The average molecular weight is 501 g/mol. The number of rotatable bonds is 7. The maximum Gasteiger partial charge on any atom is 0.416 e. The summed E-state index contributed by atoms with van der Waals surface area (Å²) in [6.07, 6.45) is -4.55. The lowest BCUT2D eigenvalue weighted by Crippen LogP contribution is -2.50. The van der Waals surface area contributed by atoms with Crippen LogP contribution in [0.2, 0.25) is 0 Å². The number of likely N-dealkylation sites (tertiary alicyclic amines) is 1. The van der Waals surface area contributed by atoms with Crippen LogP contribution in [-0.4, -0.2) is 36.5 Å². The van der Waals surface area contributed by atoms with E-state index in [0.29, 0.717) is 25.6 Å². The summed E-state index contributed by atoms with van der Waals surface area (Å²) >= 11 is 0. The number of carbonyl (C=O) groups excluding carboxylic acids is 1. The van der Waals surface area contributed by atoms with E-state index in [0.717, 1.165) is 23.3 Å². The Morgan fingerprint density at radius 3 is 2.17 bits per heavy atom. The maximum atomic E-state index is 13.9. The van der Waals surface area contributed by atoms with E-state index in [-0.39, 0.29) is 42.6 Å². The van der Waals surface area contributed by atoms with Crippen LogP contribution >= 0.6 is 0 Å². The van der Waals surface area contributed by atoms with Crippen LogP contribution in [0.15, 0.2) is 78.9 Å². The number of alkyl halides is 3. The van der Waals surface area contributed by atoms with Crippen LogP contribution in [0.3, 0.4) is 0 Å². The van der Waals surface area contributed by atoms with Gasteiger partial charge in [-0.05, 0) is 41.3 Å². The Morgan fingerprint density at radius 1 is 1.00 bits per heavy atom. The molecule has 4 rings (SSSR count). The topological polar surface area (TPSA) is 55.6 Å². The third-order valence-corrected chi connectivity index (χ3v) is 6.61. The highest BCUT2D eigenvalue weighted by Gasteiger charge is 2.38. The summed E-state index contributed by atoms with van der Waals surface area (Å²) in [4.78, 5) is 14.2. The van der Waals surface area contributed by atoms with Crippen molar-refractivity contribution in [3.63, 3.8) is 0 Å². The Hall–Kier alpha value is -3.23. The fourth-order valence-corrected chi connectivity index (χ4v) is 4.95. The average Bonchev–Trinajstić information content (AvgIpc) is 2.88. The Balaban J connectivity index is 1.66. The molecule has 0 aliphatic carbocycles. The van der Waals surface area contributed by atoms with E-state index in [4.69, 9.17) is 10.5 Å². The predicted molar refractivity (Wildman–Crippen MR) is 128 cm³/mol. The fraction of sp³-hybridized carbons (Fsp3) is 0.321. The van der Waals surface area contributed by atoms with Crippen LogP contribution in [0.25, 0.3) is 0 Å². The largest absolute Gasteiger partial charge is 0.416 e. The molecule has 0 spiro atoms. The normalized spacial score (nSPS) is 18.4. The van der Waals surface area contributed by atoms with Gasteiger partial charge in [-0.2, -0.15) is 13.2 Å². The molecule has 190 valence electrons. The second kappa shape index (κ2) is 11.2. The van der Waals surface area contributed by atoms with Gasteiger partial charge < -0.3 is 15.4 Å². The number of carbonyl (C=O) groups is 1. The molecule has 4 nitrogen and oxygen atoms in total. The molecule has 1 heterocycles. The molecule has 1 aliphatic rings.